The van der Waals surface area contributed by atoms with E-state index >= 15 is 0 Å². The van der Waals surface area contributed by atoms with E-state index in [0.29, 0.717) is 12.0 Å². The number of hydrogen-bond donors (Lipinski definition) is 1. The van der Waals surface area contributed by atoms with Gasteiger partial charge in [0.15, 0.2) is 0 Å². The summed E-state index contributed by atoms with van der Waals surface area (Å²) in [7, 11) is 0. The van der Waals surface area contributed by atoms with Crippen molar-refractivity contribution in [2.24, 2.45) is 28.1 Å². The molecule has 11 atom stereocenters. The Balaban J connectivity index is 1.58. The number of aliphatic hydroxyl groups excluding tert-OH is 1. The van der Waals surface area contributed by atoms with E-state index in [1.165, 1.54) is 6.92 Å². The first kappa shape index (κ1) is 29.2. The van der Waals surface area contributed by atoms with Crippen LogP contribution in [0, 0.1) is 28.1 Å². The molecular weight excluding hydrogens is 540 g/mol. The molecule has 0 bridgehead atoms. The fourth-order valence-electron chi connectivity index (χ4n) is 9.76. The summed E-state index contributed by atoms with van der Waals surface area (Å²) in [6.07, 6.45) is 2.52. The number of esters is 3. The number of carbonyl (C=O) groups excluding carboxylic acids is 3. The molecule has 2 aliphatic heterocycles. The molecule has 42 heavy (non-hydrogen) atoms. The van der Waals surface area contributed by atoms with Gasteiger partial charge >= 0.3 is 17.9 Å². The van der Waals surface area contributed by atoms with Crippen LogP contribution in [0.5, 0.6) is 0 Å². The number of fused-ring (bicyclic) bond motifs is 4. The minimum Gasteiger partial charge on any atom is -0.472 e. The molecule has 1 aromatic heterocycles. The molecule has 0 amide bonds. The molecule has 2 saturated carbocycles. The predicted molar refractivity (Wildman–Crippen MR) is 150 cm³/mol. The van der Waals surface area contributed by atoms with Crippen LogP contribution in [0.4, 0.5) is 0 Å². The third-order valence-electron chi connectivity index (χ3n) is 11.7. The van der Waals surface area contributed by atoms with Crippen molar-refractivity contribution in [3.05, 3.63) is 47.0 Å². The fourth-order valence-corrected chi connectivity index (χ4v) is 9.76. The molecule has 0 radical (unpaired) electrons. The van der Waals surface area contributed by atoms with Crippen LogP contribution in [0.15, 0.2) is 45.8 Å². The Bertz CT molecular complexity index is 1360. The quantitative estimate of drug-likeness (QED) is 0.234. The molecule has 1 aromatic rings. The second-order valence-corrected chi connectivity index (χ2v) is 13.7. The summed E-state index contributed by atoms with van der Waals surface area (Å²) in [6, 6.07) is 1.93. The van der Waals surface area contributed by atoms with Crippen LogP contribution in [-0.4, -0.2) is 60.1 Å². The standard InChI is InChI=1S/C33H42O9/c1-8-16(2)30(37)42-29-27-28-31(5,15-39-27)24(40-18(4)34)13-23(35)32(28,6)22-12-25(36)41-21-11-20(19-9-10-38-14-19)17(3)26(21)33(22,29)7/h8-10,14,20-24,27-29,35H,11-13,15H2,1-7H3/b16-8-/t20-,21+,22-,23+,24-,27-,28+,29-,31-,32+,33-/m1/s1. The van der Waals surface area contributed by atoms with Gasteiger partial charge in [0.1, 0.15) is 18.3 Å². The molecular formula is C33H42O9. The van der Waals surface area contributed by atoms with E-state index in [1.807, 2.05) is 19.9 Å². The third-order valence-corrected chi connectivity index (χ3v) is 11.7. The lowest BCUT2D eigenvalue weighted by Crippen LogP contribution is -2.71. The van der Waals surface area contributed by atoms with E-state index in [4.69, 9.17) is 23.4 Å². The van der Waals surface area contributed by atoms with Gasteiger partial charge in [0.25, 0.3) is 0 Å². The second kappa shape index (κ2) is 9.81. The molecule has 228 valence electrons. The van der Waals surface area contributed by atoms with Crippen LogP contribution in [0.2, 0.25) is 0 Å². The molecule has 0 spiro atoms. The second-order valence-electron chi connectivity index (χ2n) is 13.7. The number of carbonyl (C=O) groups is 3. The molecule has 3 heterocycles. The first-order valence-corrected chi connectivity index (χ1v) is 15.0. The van der Waals surface area contributed by atoms with Crippen molar-refractivity contribution in [2.75, 3.05) is 6.61 Å². The summed E-state index contributed by atoms with van der Waals surface area (Å²) in [5, 5.41) is 12.0. The van der Waals surface area contributed by atoms with E-state index in [-0.39, 0.29) is 37.3 Å². The topological polar surface area (TPSA) is 122 Å². The summed E-state index contributed by atoms with van der Waals surface area (Å²) < 4.78 is 30.5. The van der Waals surface area contributed by atoms with Crippen molar-refractivity contribution in [3.8, 4) is 0 Å². The first-order valence-electron chi connectivity index (χ1n) is 15.0. The summed E-state index contributed by atoms with van der Waals surface area (Å²) in [5.74, 6) is -2.06. The largest absolute Gasteiger partial charge is 0.472 e. The highest BCUT2D eigenvalue weighted by molar-refractivity contribution is 5.88. The van der Waals surface area contributed by atoms with Gasteiger partial charge in [0.05, 0.1) is 31.3 Å². The Morgan fingerprint density at radius 3 is 2.52 bits per heavy atom. The van der Waals surface area contributed by atoms with Gasteiger partial charge in [0, 0.05) is 53.4 Å². The highest BCUT2D eigenvalue weighted by Gasteiger charge is 2.77. The number of furan rings is 1. The van der Waals surface area contributed by atoms with Crippen molar-refractivity contribution in [3.63, 3.8) is 0 Å². The Morgan fingerprint density at radius 2 is 1.88 bits per heavy atom. The number of ether oxygens (including phenoxy) is 4. The van der Waals surface area contributed by atoms with Crippen molar-refractivity contribution < 1.29 is 42.9 Å². The molecule has 1 N–H and O–H groups in total. The smallest absolute Gasteiger partial charge is 0.333 e. The zero-order valence-corrected chi connectivity index (χ0v) is 25.5. The maximum absolute atomic E-state index is 13.6. The van der Waals surface area contributed by atoms with E-state index in [1.54, 1.807) is 32.4 Å². The lowest BCUT2D eigenvalue weighted by Gasteiger charge is -2.65. The number of hydrogen-bond acceptors (Lipinski definition) is 9. The van der Waals surface area contributed by atoms with Gasteiger partial charge in [-0.1, -0.05) is 32.4 Å². The Kier molecular flexibility index (Phi) is 6.81. The van der Waals surface area contributed by atoms with Crippen LogP contribution in [0.3, 0.4) is 0 Å². The van der Waals surface area contributed by atoms with E-state index in [2.05, 4.69) is 13.8 Å². The molecule has 5 aliphatic rings. The zero-order valence-electron chi connectivity index (χ0n) is 25.5. The lowest BCUT2D eigenvalue weighted by atomic mass is 9.39. The Hall–Kier alpha value is -2.91. The SMILES string of the molecule is C/C=C(/C)C(=O)O[C@@H]1[C@@H]2OC[C@]3(C)[C@H](OC(C)=O)C[C@H](O)[C@@](C)([C@@H]23)[C@H]2CC(=O)O[C@H]3C[C@@H](c4ccoc4)C(C)=C3[C@]12C. The summed E-state index contributed by atoms with van der Waals surface area (Å²) in [5.41, 5.74) is 1.05. The maximum atomic E-state index is 13.6. The molecule has 2 saturated heterocycles. The normalized spacial score (nSPS) is 44.5. The summed E-state index contributed by atoms with van der Waals surface area (Å²) >= 11 is 0. The molecule has 9 nitrogen and oxygen atoms in total. The van der Waals surface area contributed by atoms with Crippen molar-refractivity contribution in [1.29, 1.82) is 0 Å². The van der Waals surface area contributed by atoms with Crippen LogP contribution in [0.25, 0.3) is 0 Å². The molecule has 0 unspecified atom stereocenters. The highest BCUT2D eigenvalue weighted by atomic mass is 16.6. The number of aliphatic hydroxyl groups is 1. The summed E-state index contributed by atoms with van der Waals surface area (Å²) in [4.78, 5) is 39.3. The first-order chi connectivity index (χ1) is 19.8. The molecule has 3 aliphatic carbocycles. The molecule has 9 heteroatoms. The van der Waals surface area contributed by atoms with Gasteiger partial charge in [-0.05, 0) is 50.3 Å². The number of allylic oxidation sites excluding steroid dienone is 2. The van der Waals surface area contributed by atoms with Crippen molar-refractivity contribution in [1.82, 2.24) is 0 Å². The van der Waals surface area contributed by atoms with Crippen molar-refractivity contribution >= 4 is 17.9 Å². The minimum atomic E-state index is -0.904. The number of rotatable bonds is 4. The maximum Gasteiger partial charge on any atom is 0.333 e. The summed E-state index contributed by atoms with van der Waals surface area (Å²) in [6.45, 7) is 13.3. The van der Waals surface area contributed by atoms with Gasteiger partial charge in [-0.25, -0.2) is 4.79 Å². The Morgan fingerprint density at radius 1 is 1.14 bits per heavy atom. The van der Waals surface area contributed by atoms with E-state index < -0.39 is 64.6 Å². The van der Waals surface area contributed by atoms with Crippen LogP contribution in [-0.2, 0) is 33.3 Å². The Labute approximate surface area is 246 Å². The zero-order chi connectivity index (χ0) is 30.4. The van der Waals surface area contributed by atoms with Crippen LogP contribution < -0.4 is 0 Å². The average Bonchev–Trinajstić information content (AvgIpc) is 3.64. The average molecular weight is 583 g/mol. The van der Waals surface area contributed by atoms with Crippen LogP contribution in [0.1, 0.15) is 79.2 Å². The van der Waals surface area contributed by atoms with Crippen molar-refractivity contribution in [2.45, 2.75) is 104 Å². The molecule has 4 fully saturated rings. The monoisotopic (exact) mass is 582 g/mol. The van der Waals surface area contributed by atoms with Gasteiger partial charge in [-0.15, -0.1) is 0 Å². The van der Waals surface area contributed by atoms with Gasteiger partial charge in [-0.3, -0.25) is 9.59 Å². The van der Waals surface area contributed by atoms with Gasteiger partial charge in [0.2, 0.25) is 0 Å². The fraction of sp³-hybridized carbons (Fsp3) is 0.667. The molecule has 6 rings (SSSR count). The predicted octanol–water partition coefficient (Wildman–Crippen LogP) is 4.64. The molecule has 0 aromatic carbocycles. The van der Waals surface area contributed by atoms with Crippen LogP contribution >= 0.6 is 0 Å². The minimum absolute atomic E-state index is 0.0364. The highest BCUT2D eigenvalue weighted by Crippen LogP contribution is 2.72. The van der Waals surface area contributed by atoms with E-state index in [0.717, 1.165) is 16.7 Å². The van der Waals surface area contributed by atoms with E-state index in [9.17, 15) is 19.5 Å². The third kappa shape index (κ3) is 3.85. The lowest BCUT2D eigenvalue weighted by molar-refractivity contribution is -0.253. The van der Waals surface area contributed by atoms with Gasteiger partial charge in [-0.2, -0.15) is 0 Å². The van der Waals surface area contributed by atoms with Gasteiger partial charge < -0.3 is 28.5 Å².